The van der Waals surface area contributed by atoms with Crippen LogP contribution in [0.25, 0.3) is 4.13 Å². The van der Waals surface area contributed by atoms with Crippen molar-refractivity contribution in [1.29, 1.82) is 0 Å². The summed E-state index contributed by atoms with van der Waals surface area (Å²) in [6, 6.07) is 21.2. The van der Waals surface area contributed by atoms with Crippen molar-refractivity contribution >= 4 is 26.0 Å². The summed E-state index contributed by atoms with van der Waals surface area (Å²) in [5.74, 6) is -0.102. The maximum atomic E-state index is 11.4. The van der Waals surface area contributed by atoms with Gasteiger partial charge in [0.15, 0.2) is 20.0 Å². The molecule has 0 heterocycles. The van der Waals surface area contributed by atoms with Crippen LogP contribution in [0.2, 0.25) is 0 Å². The Balaban J connectivity index is 0.000000439. The predicted molar refractivity (Wildman–Crippen MR) is 132 cm³/mol. The molecule has 0 spiro atoms. The van der Waals surface area contributed by atoms with E-state index < -0.39 is 31.1 Å². The average Bonchev–Trinajstić information content (AvgIpc) is 2.81. The molecule has 39 heavy (non-hydrogen) atoms. The third kappa shape index (κ3) is 11.8. The van der Waals surface area contributed by atoms with Gasteiger partial charge in [-0.2, -0.15) is 26.3 Å². The Morgan fingerprint density at radius 2 is 1.23 bits per heavy atom. The highest BCUT2D eigenvalue weighted by molar-refractivity contribution is 8.13. The SMILES string of the molecule is C=CC(=O)NCCC[N+](C)(Cc1ccccc1)Cc1ccccc1.O=S(=O)([N-]S(=O)(=O)C(F)(F)F)C(F)(F)F. The molecule has 0 fully saturated rings. The van der Waals surface area contributed by atoms with Gasteiger partial charge in [-0.25, -0.2) is 16.8 Å². The van der Waals surface area contributed by atoms with Gasteiger partial charge in [-0.15, -0.1) is 0 Å². The van der Waals surface area contributed by atoms with Crippen molar-refractivity contribution in [2.45, 2.75) is 30.5 Å². The van der Waals surface area contributed by atoms with E-state index in [1.165, 1.54) is 17.2 Å². The van der Waals surface area contributed by atoms with E-state index in [4.69, 9.17) is 0 Å². The van der Waals surface area contributed by atoms with Gasteiger partial charge in [0.25, 0.3) is 0 Å². The number of nitrogens with one attached hydrogen (secondary N) is 1. The molecule has 0 bridgehead atoms. The molecule has 0 aliphatic heterocycles. The number of carbonyl (C=O) groups is 1. The van der Waals surface area contributed by atoms with Crippen LogP contribution >= 0.6 is 0 Å². The van der Waals surface area contributed by atoms with Crippen LogP contribution in [0.4, 0.5) is 26.3 Å². The highest BCUT2D eigenvalue weighted by Gasteiger charge is 2.46. The van der Waals surface area contributed by atoms with E-state index in [0.717, 1.165) is 34.7 Å². The quantitative estimate of drug-likeness (QED) is 0.175. The zero-order chi connectivity index (χ0) is 30.0. The lowest BCUT2D eigenvalue weighted by molar-refractivity contribution is -0.935. The van der Waals surface area contributed by atoms with Crippen LogP contribution in [0.15, 0.2) is 73.3 Å². The summed E-state index contributed by atoms with van der Waals surface area (Å²) >= 11 is 0. The van der Waals surface area contributed by atoms with Gasteiger partial charge < -0.3 is 13.9 Å². The lowest BCUT2D eigenvalue weighted by Crippen LogP contribution is -2.44. The van der Waals surface area contributed by atoms with Crippen LogP contribution < -0.4 is 5.32 Å². The van der Waals surface area contributed by atoms with Crippen LogP contribution in [-0.2, 0) is 37.9 Å². The van der Waals surface area contributed by atoms with Crippen molar-refractivity contribution in [3.8, 4) is 0 Å². The minimum atomic E-state index is -6.72. The highest BCUT2D eigenvalue weighted by atomic mass is 32.3. The van der Waals surface area contributed by atoms with Gasteiger partial charge in [-0.1, -0.05) is 67.2 Å². The van der Waals surface area contributed by atoms with Crippen molar-refractivity contribution in [2.24, 2.45) is 0 Å². The summed E-state index contributed by atoms with van der Waals surface area (Å²) in [4.78, 5) is 11.3. The maximum absolute atomic E-state index is 11.4. The molecule has 0 unspecified atom stereocenters. The molecule has 0 saturated carbocycles. The standard InChI is InChI=1S/C21H26N2O.C2F6NO4S2/c1-3-21(24)22-15-10-16-23(2,17-19-11-6-4-7-12-19)18-20-13-8-5-9-14-20;3-1(4,5)14(10,11)9-15(12,13)2(6,7)8/h3-9,11-14H,1,10,15-18H2,2H3;/q;-1/p+1. The Kier molecular flexibility index (Phi) is 12.2. The molecule has 2 rings (SSSR count). The first-order chi connectivity index (χ1) is 17.8. The second-order valence-electron chi connectivity index (χ2n) is 8.40. The number of halogens is 6. The summed E-state index contributed by atoms with van der Waals surface area (Å²) in [5, 5.41) is 2.87. The van der Waals surface area contributed by atoms with Gasteiger partial charge in [-0.3, -0.25) is 4.79 Å². The lowest BCUT2D eigenvalue weighted by Gasteiger charge is -2.35. The average molecular weight is 604 g/mol. The van der Waals surface area contributed by atoms with Crippen molar-refractivity contribution in [3.63, 3.8) is 0 Å². The van der Waals surface area contributed by atoms with Crippen LogP contribution in [0.1, 0.15) is 17.5 Å². The van der Waals surface area contributed by atoms with Gasteiger partial charge in [0.1, 0.15) is 13.1 Å². The fraction of sp³-hybridized carbons (Fsp3) is 0.348. The van der Waals surface area contributed by atoms with Crippen LogP contribution in [0.5, 0.6) is 0 Å². The molecule has 0 aromatic heterocycles. The van der Waals surface area contributed by atoms with Gasteiger partial charge in [0, 0.05) is 24.1 Å². The second-order valence-corrected chi connectivity index (χ2v) is 11.8. The maximum Gasteiger partial charge on any atom is 0.480 e. The Morgan fingerprint density at radius 1 is 0.846 bits per heavy atom. The Morgan fingerprint density at radius 3 is 1.56 bits per heavy atom. The molecule has 0 radical (unpaired) electrons. The number of nitrogens with zero attached hydrogens (tertiary/aromatic N) is 2. The molecule has 0 aliphatic rings. The Bertz CT molecular complexity index is 1200. The predicted octanol–water partition coefficient (Wildman–Crippen LogP) is 4.59. The molecular weight excluding hydrogens is 576 g/mol. The molecular formula is C23H27F6N3O5S2. The summed E-state index contributed by atoms with van der Waals surface area (Å²) in [6.45, 7) is 7.12. The summed E-state index contributed by atoms with van der Waals surface area (Å²) < 4.78 is 110. The smallest absolute Gasteiger partial charge is 0.421 e. The zero-order valence-electron chi connectivity index (χ0n) is 20.6. The van der Waals surface area contributed by atoms with Crippen molar-refractivity contribution < 1.29 is 52.5 Å². The normalized spacial score (nSPS) is 12.7. The van der Waals surface area contributed by atoms with Crippen LogP contribution in [0, 0.1) is 0 Å². The Labute approximate surface area is 223 Å². The molecule has 0 aliphatic carbocycles. The number of hydrogen-bond acceptors (Lipinski definition) is 5. The zero-order valence-corrected chi connectivity index (χ0v) is 22.2. The minimum absolute atomic E-state index is 0.102. The summed E-state index contributed by atoms with van der Waals surface area (Å²) in [5.41, 5.74) is -9.73. The van der Waals surface area contributed by atoms with E-state index in [1.807, 2.05) is 0 Å². The first-order valence-electron chi connectivity index (χ1n) is 11.0. The summed E-state index contributed by atoms with van der Waals surface area (Å²) in [7, 11) is -11.2. The number of carbonyl (C=O) groups excluding carboxylic acids is 1. The van der Waals surface area contributed by atoms with E-state index >= 15 is 0 Å². The fourth-order valence-corrected chi connectivity index (χ4v) is 4.93. The van der Waals surface area contributed by atoms with Crippen LogP contribution in [0.3, 0.4) is 0 Å². The Hall–Kier alpha value is -2.95. The second kappa shape index (κ2) is 13.9. The molecule has 0 atom stereocenters. The van der Waals surface area contributed by atoms with Gasteiger partial charge in [0.05, 0.1) is 13.6 Å². The van der Waals surface area contributed by atoms with Gasteiger partial charge in [-0.05, 0) is 6.08 Å². The molecule has 8 nitrogen and oxygen atoms in total. The van der Waals surface area contributed by atoms with E-state index in [-0.39, 0.29) is 5.91 Å². The number of alkyl halides is 6. The third-order valence-electron chi connectivity index (χ3n) is 4.95. The van der Waals surface area contributed by atoms with Gasteiger partial charge in [0.2, 0.25) is 5.91 Å². The van der Waals surface area contributed by atoms with E-state index in [1.54, 1.807) is 0 Å². The van der Waals surface area contributed by atoms with E-state index in [0.29, 0.717) is 6.54 Å². The molecule has 2 aromatic carbocycles. The van der Waals surface area contributed by atoms with E-state index in [9.17, 15) is 48.0 Å². The molecule has 1 N–H and O–H groups in total. The third-order valence-corrected chi connectivity index (χ3v) is 7.69. The lowest BCUT2D eigenvalue weighted by atomic mass is 10.1. The molecule has 2 aromatic rings. The number of rotatable bonds is 11. The van der Waals surface area contributed by atoms with Crippen molar-refractivity contribution in [3.05, 3.63) is 88.6 Å². The topological polar surface area (TPSA) is 111 Å². The van der Waals surface area contributed by atoms with Crippen molar-refractivity contribution in [1.82, 2.24) is 5.32 Å². The van der Waals surface area contributed by atoms with E-state index in [2.05, 4.69) is 79.6 Å². The largest absolute Gasteiger partial charge is 0.480 e. The molecule has 16 heteroatoms. The highest BCUT2D eigenvalue weighted by Crippen LogP contribution is 2.36. The van der Waals surface area contributed by atoms with Gasteiger partial charge >= 0.3 is 11.0 Å². The number of quaternary nitrogens is 1. The summed E-state index contributed by atoms with van der Waals surface area (Å²) in [6.07, 6.45) is 2.26. The first-order valence-corrected chi connectivity index (χ1v) is 13.9. The minimum Gasteiger partial charge on any atom is -0.421 e. The monoisotopic (exact) mass is 603 g/mol. The number of sulfonamides is 2. The van der Waals surface area contributed by atoms with Crippen LogP contribution in [-0.4, -0.2) is 58.4 Å². The number of amides is 1. The number of hydrogen-bond donors (Lipinski definition) is 1. The fourth-order valence-electron chi connectivity index (χ4n) is 3.22. The molecule has 1 amide bonds. The molecule has 0 saturated heterocycles. The molecule has 218 valence electrons. The number of benzene rings is 2. The first kappa shape index (κ1) is 34.1. The van der Waals surface area contributed by atoms with Crippen molar-refractivity contribution in [2.75, 3.05) is 20.1 Å².